The van der Waals surface area contributed by atoms with Crippen LogP contribution in [0, 0.1) is 0 Å². The Hall–Kier alpha value is -1.72. The predicted octanol–water partition coefficient (Wildman–Crippen LogP) is -0.0845. The largest absolute Gasteiger partial charge is 0.411 e. The standard InChI is InChI=1S/C4H3N3O3/c5-4(9)10-3-1-2(8)6-7-3/h1H,(H2,5,9). The van der Waals surface area contributed by atoms with E-state index in [1.54, 1.807) is 0 Å². The number of hydrogen-bond acceptors (Lipinski definition) is 4. The van der Waals surface area contributed by atoms with Crippen LogP contribution >= 0.6 is 0 Å². The fourth-order valence-corrected chi connectivity index (χ4v) is 0.415. The summed E-state index contributed by atoms with van der Waals surface area (Å²) in [6.45, 7) is 0. The number of azo groups is 1. The molecular weight excluding hydrogens is 138 g/mol. The fraction of sp³-hybridized carbons (Fsp3) is 0. The van der Waals surface area contributed by atoms with E-state index in [0.717, 1.165) is 6.08 Å². The van der Waals surface area contributed by atoms with Crippen LogP contribution in [0.3, 0.4) is 0 Å². The molecule has 10 heavy (non-hydrogen) atoms. The predicted molar refractivity (Wildman–Crippen MR) is 28.6 cm³/mol. The summed E-state index contributed by atoms with van der Waals surface area (Å²) in [5.41, 5.74) is 4.60. The molecule has 0 spiro atoms. The summed E-state index contributed by atoms with van der Waals surface area (Å²) >= 11 is 0. The number of amides is 2. The SMILES string of the molecule is NC(=O)OC1=CC(=O)N=N1. The van der Waals surface area contributed by atoms with E-state index in [1.807, 2.05) is 0 Å². The van der Waals surface area contributed by atoms with E-state index in [0.29, 0.717) is 0 Å². The number of nitrogens with zero attached hydrogens (tertiary/aromatic N) is 2. The van der Waals surface area contributed by atoms with Crippen LogP contribution in [-0.2, 0) is 9.53 Å². The average Bonchev–Trinajstić information content (AvgIpc) is 2.13. The normalized spacial score (nSPS) is 15.2. The lowest BCUT2D eigenvalue weighted by molar-refractivity contribution is -0.113. The van der Waals surface area contributed by atoms with Gasteiger partial charge in [-0.3, -0.25) is 4.79 Å². The van der Waals surface area contributed by atoms with Crippen molar-refractivity contribution in [2.24, 2.45) is 16.0 Å². The molecule has 1 aliphatic heterocycles. The van der Waals surface area contributed by atoms with Crippen LogP contribution < -0.4 is 5.73 Å². The molecule has 0 fully saturated rings. The molecule has 1 rings (SSSR count). The molecule has 0 bridgehead atoms. The first-order valence-electron chi connectivity index (χ1n) is 2.33. The first-order chi connectivity index (χ1) is 4.68. The van der Waals surface area contributed by atoms with Gasteiger partial charge in [-0.05, 0) is 0 Å². The molecule has 1 heterocycles. The van der Waals surface area contributed by atoms with Gasteiger partial charge in [-0.2, -0.15) is 0 Å². The zero-order valence-electron chi connectivity index (χ0n) is 4.77. The lowest BCUT2D eigenvalue weighted by atomic mass is 10.6. The Labute approximate surface area is 55.4 Å². The van der Waals surface area contributed by atoms with Crippen molar-refractivity contribution < 1.29 is 14.3 Å². The summed E-state index contributed by atoms with van der Waals surface area (Å²) in [6, 6.07) is 0. The maximum atomic E-state index is 10.3. The molecule has 0 unspecified atom stereocenters. The lowest BCUT2D eigenvalue weighted by Crippen LogP contribution is -2.11. The van der Waals surface area contributed by atoms with Crippen LogP contribution in [0.25, 0.3) is 0 Å². The third-order valence-corrected chi connectivity index (χ3v) is 0.699. The topological polar surface area (TPSA) is 94.1 Å². The third-order valence-electron chi connectivity index (χ3n) is 0.699. The summed E-state index contributed by atoms with van der Waals surface area (Å²) in [6.07, 6.45) is -0.0509. The van der Waals surface area contributed by atoms with Gasteiger partial charge < -0.3 is 10.5 Å². The molecule has 6 nitrogen and oxygen atoms in total. The summed E-state index contributed by atoms with van der Waals surface area (Å²) in [5, 5.41) is 6.20. The molecule has 0 atom stereocenters. The van der Waals surface area contributed by atoms with Crippen LogP contribution in [0.1, 0.15) is 0 Å². The summed E-state index contributed by atoms with van der Waals surface area (Å²) < 4.78 is 4.20. The van der Waals surface area contributed by atoms with Crippen molar-refractivity contribution in [2.45, 2.75) is 0 Å². The number of primary amides is 1. The van der Waals surface area contributed by atoms with Crippen molar-refractivity contribution in [1.82, 2.24) is 0 Å². The van der Waals surface area contributed by atoms with Gasteiger partial charge in [0, 0.05) is 0 Å². The van der Waals surface area contributed by atoms with Gasteiger partial charge in [0.2, 0.25) is 5.88 Å². The Balaban J connectivity index is 2.60. The van der Waals surface area contributed by atoms with Crippen molar-refractivity contribution in [3.05, 3.63) is 12.0 Å². The van der Waals surface area contributed by atoms with Crippen molar-refractivity contribution >= 4 is 12.0 Å². The van der Waals surface area contributed by atoms with Crippen LogP contribution in [0.5, 0.6) is 0 Å². The minimum atomic E-state index is -1.01. The summed E-state index contributed by atoms with van der Waals surface area (Å²) in [7, 11) is 0. The first kappa shape index (κ1) is 6.40. The second-order valence-corrected chi connectivity index (χ2v) is 1.44. The minimum Gasteiger partial charge on any atom is -0.390 e. The minimum absolute atomic E-state index is 0.169. The van der Waals surface area contributed by atoms with Crippen LogP contribution in [-0.4, -0.2) is 12.0 Å². The molecule has 0 saturated heterocycles. The van der Waals surface area contributed by atoms with Crippen molar-refractivity contribution in [3.8, 4) is 0 Å². The van der Waals surface area contributed by atoms with Gasteiger partial charge in [0.05, 0.1) is 6.08 Å². The van der Waals surface area contributed by atoms with E-state index >= 15 is 0 Å². The number of ether oxygens (including phenoxy) is 1. The molecule has 0 radical (unpaired) electrons. The number of rotatable bonds is 1. The van der Waals surface area contributed by atoms with Gasteiger partial charge in [0.15, 0.2) is 0 Å². The second-order valence-electron chi connectivity index (χ2n) is 1.44. The van der Waals surface area contributed by atoms with E-state index in [9.17, 15) is 9.59 Å². The highest BCUT2D eigenvalue weighted by atomic mass is 16.6. The Morgan fingerprint density at radius 1 is 1.60 bits per heavy atom. The Morgan fingerprint density at radius 2 is 2.30 bits per heavy atom. The smallest absolute Gasteiger partial charge is 0.390 e. The van der Waals surface area contributed by atoms with Gasteiger partial charge in [0.25, 0.3) is 5.91 Å². The zero-order valence-corrected chi connectivity index (χ0v) is 4.77. The maximum Gasteiger partial charge on any atom is 0.411 e. The highest BCUT2D eigenvalue weighted by Crippen LogP contribution is 2.07. The summed E-state index contributed by atoms with van der Waals surface area (Å²) in [4.78, 5) is 20.3. The fourth-order valence-electron chi connectivity index (χ4n) is 0.415. The number of nitrogens with two attached hydrogens (primary N) is 1. The molecule has 2 N–H and O–H groups in total. The molecule has 0 aromatic heterocycles. The molecule has 6 heteroatoms. The highest BCUT2D eigenvalue weighted by Gasteiger charge is 2.10. The van der Waals surface area contributed by atoms with E-state index in [-0.39, 0.29) is 5.88 Å². The quantitative estimate of drug-likeness (QED) is 0.553. The molecule has 2 amide bonds. The Morgan fingerprint density at radius 3 is 2.70 bits per heavy atom. The van der Waals surface area contributed by atoms with Crippen LogP contribution in [0.2, 0.25) is 0 Å². The van der Waals surface area contributed by atoms with Crippen molar-refractivity contribution in [2.75, 3.05) is 0 Å². The van der Waals surface area contributed by atoms with E-state index in [1.165, 1.54) is 0 Å². The Kier molecular flexibility index (Phi) is 1.44. The Bertz CT molecular complexity index is 242. The molecule has 0 saturated carbocycles. The zero-order chi connectivity index (χ0) is 7.56. The molecule has 0 aliphatic carbocycles. The van der Waals surface area contributed by atoms with E-state index in [2.05, 4.69) is 20.7 Å². The van der Waals surface area contributed by atoms with Crippen molar-refractivity contribution in [3.63, 3.8) is 0 Å². The molecule has 52 valence electrons. The van der Waals surface area contributed by atoms with E-state index in [4.69, 9.17) is 0 Å². The second kappa shape index (κ2) is 2.26. The van der Waals surface area contributed by atoms with Crippen LogP contribution in [0.4, 0.5) is 4.79 Å². The average molecular weight is 141 g/mol. The monoisotopic (exact) mass is 141 g/mol. The van der Waals surface area contributed by atoms with Crippen LogP contribution in [0.15, 0.2) is 22.2 Å². The molecular formula is C4H3N3O3. The van der Waals surface area contributed by atoms with Crippen molar-refractivity contribution in [1.29, 1.82) is 0 Å². The van der Waals surface area contributed by atoms with Gasteiger partial charge in [-0.15, -0.1) is 10.2 Å². The third kappa shape index (κ3) is 1.38. The summed E-state index contributed by atoms with van der Waals surface area (Å²) in [5.74, 6) is -0.728. The lowest BCUT2D eigenvalue weighted by Gasteiger charge is -1.91. The van der Waals surface area contributed by atoms with E-state index < -0.39 is 12.0 Å². The highest BCUT2D eigenvalue weighted by molar-refractivity contribution is 5.90. The molecule has 0 aromatic rings. The van der Waals surface area contributed by atoms with Gasteiger partial charge in [-0.25, -0.2) is 4.79 Å². The maximum absolute atomic E-state index is 10.3. The van der Waals surface area contributed by atoms with Gasteiger partial charge in [0.1, 0.15) is 0 Å². The van der Waals surface area contributed by atoms with Gasteiger partial charge in [-0.1, -0.05) is 0 Å². The number of hydrogen-bond donors (Lipinski definition) is 1. The number of carbonyl (C=O) groups is 2. The number of carbonyl (C=O) groups excluding carboxylic acids is 2. The first-order valence-corrected chi connectivity index (χ1v) is 2.33. The molecule has 0 aromatic carbocycles. The molecule has 1 aliphatic rings. The van der Waals surface area contributed by atoms with Gasteiger partial charge >= 0.3 is 6.09 Å².